The first-order valence-corrected chi connectivity index (χ1v) is 8.31. The zero-order chi connectivity index (χ0) is 18.8. The minimum atomic E-state index is -0.767. The van der Waals surface area contributed by atoms with Crippen LogP contribution in [0.3, 0.4) is 0 Å². The van der Waals surface area contributed by atoms with E-state index in [0.717, 1.165) is 18.4 Å². The highest BCUT2D eigenvalue weighted by molar-refractivity contribution is 5.82. The number of benzene rings is 2. The summed E-state index contributed by atoms with van der Waals surface area (Å²) in [7, 11) is 1.25. The first-order valence-electron chi connectivity index (χ1n) is 8.31. The highest BCUT2D eigenvalue weighted by Gasteiger charge is 2.04. The van der Waals surface area contributed by atoms with Gasteiger partial charge in [0, 0.05) is 12.6 Å². The average Bonchev–Trinajstić information content (AvgIpc) is 2.67. The van der Waals surface area contributed by atoms with E-state index in [1.807, 2.05) is 19.1 Å². The third-order valence-electron chi connectivity index (χ3n) is 3.41. The van der Waals surface area contributed by atoms with Crippen LogP contribution in [0.4, 0.5) is 10.5 Å². The number of unbranched alkanes of at least 4 members (excludes halogenated alkanes) is 1. The quantitative estimate of drug-likeness (QED) is 0.312. The van der Waals surface area contributed by atoms with Crippen molar-refractivity contribution in [3.05, 3.63) is 54.1 Å². The lowest BCUT2D eigenvalue weighted by molar-refractivity contribution is -0.134. The van der Waals surface area contributed by atoms with Gasteiger partial charge in [-0.15, -0.1) is 0 Å². The molecule has 0 atom stereocenters. The van der Waals surface area contributed by atoms with Crippen molar-refractivity contribution < 1.29 is 23.8 Å². The fourth-order valence-corrected chi connectivity index (χ4v) is 2.01. The van der Waals surface area contributed by atoms with Gasteiger partial charge in [-0.2, -0.15) is 0 Å². The highest BCUT2D eigenvalue weighted by atomic mass is 16.7. The number of methoxy groups -OCH3 is 1. The summed E-state index contributed by atoms with van der Waals surface area (Å²) in [5.74, 6) is 0.681. The lowest BCUT2D eigenvalue weighted by Crippen LogP contribution is -2.07. The second kappa shape index (κ2) is 9.98. The zero-order valence-corrected chi connectivity index (χ0v) is 14.8. The van der Waals surface area contributed by atoms with Gasteiger partial charge in [0.05, 0.1) is 12.8 Å². The maximum atomic E-state index is 11.6. The number of ether oxygens (including phenoxy) is 3. The van der Waals surface area contributed by atoms with Crippen molar-refractivity contribution in [3.8, 4) is 11.5 Å². The van der Waals surface area contributed by atoms with Crippen LogP contribution >= 0.6 is 0 Å². The Morgan fingerprint density at radius 1 is 0.962 bits per heavy atom. The molecule has 0 saturated heterocycles. The lowest BCUT2D eigenvalue weighted by atomic mass is 10.2. The molecule has 0 aliphatic rings. The Kier molecular flexibility index (Phi) is 7.36. The van der Waals surface area contributed by atoms with E-state index in [0.29, 0.717) is 23.6 Å². The van der Waals surface area contributed by atoms with Gasteiger partial charge in [0.2, 0.25) is 0 Å². The molecule has 136 valence electrons. The van der Waals surface area contributed by atoms with Crippen molar-refractivity contribution in [3.63, 3.8) is 0 Å². The molecule has 6 nitrogen and oxygen atoms in total. The Morgan fingerprint density at radius 3 is 2.19 bits per heavy atom. The predicted molar refractivity (Wildman–Crippen MR) is 98.3 cm³/mol. The molecule has 0 saturated carbocycles. The number of hydrogen-bond acceptors (Lipinski definition) is 6. The van der Waals surface area contributed by atoms with Gasteiger partial charge in [0.25, 0.3) is 0 Å². The highest BCUT2D eigenvalue weighted by Crippen LogP contribution is 2.19. The van der Waals surface area contributed by atoms with Crippen LogP contribution in [-0.2, 0) is 9.53 Å². The SMILES string of the molecule is CCCCC(=O)Oc1ccc(C=Nc2ccc(OC(=O)OC)cc2)cc1. The monoisotopic (exact) mass is 355 g/mol. The molecule has 0 aliphatic carbocycles. The Hall–Kier alpha value is -3.15. The topological polar surface area (TPSA) is 74.2 Å². The van der Waals surface area contributed by atoms with Gasteiger partial charge in [0.15, 0.2) is 0 Å². The molecule has 0 fully saturated rings. The van der Waals surface area contributed by atoms with Crippen molar-refractivity contribution in [2.45, 2.75) is 26.2 Å². The Labute approximate surface area is 152 Å². The molecule has 0 amide bonds. The maximum absolute atomic E-state index is 11.6. The van der Waals surface area contributed by atoms with Crippen LogP contribution in [0.1, 0.15) is 31.7 Å². The number of rotatable bonds is 7. The summed E-state index contributed by atoms with van der Waals surface area (Å²) in [5, 5.41) is 0. The summed E-state index contributed by atoms with van der Waals surface area (Å²) < 4.78 is 14.6. The zero-order valence-electron chi connectivity index (χ0n) is 14.8. The molecule has 2 aromatic carbocycles. The molecule has 6 heteroatoms. The third kappa shape index (κ3) is 6.39. The van der Waals surface area contributed by atoms with Crippen LogP contribution in [0.2, 0.25) is 0 Å². The fraction of sp³-hybridized carbons (Fsp3) is 0.250. The van der Waals surface area contributed by atoms with Crippen LogP contribution in [0.5, 0.6) is 11.5 Å². The number of nitrogens with zero attached hydrogens (tertiary/aromatic N) is 1. The van der Waals surface area contributed by atoms with Gasteiger partial charge in [-0.05, 0) is 60.5 Å². The minimum Gasteiger partial charge on any atom is -0.437 e. The minimum absolute atomic E-state index is 0.220. The summed E-state index contributed by atoms with van der Waals surface area (Å²) in [6.07, 6.45) is 3.14. The fourth-order valence-electron chi connectivity index (χ4n) is 2.01. The first-order chi connectivity index (χ1) is 12.6. The van der Waals surface area contributed by atoms with Crippen LogP contribution in [0.25, 0.3) is 0 Å². The van der Waals surface area contributed by atoms with Crippen LogP contribution in [-0.4, -0.2) is 25.4 Å². The van der Waals surface area contributed by atoms with Crippen molar-refractivity contribution in [2.75, 3.05) is 7.11 Å². The molecule has 0 aromatic heterocycles. The average molecular weight is 355 g/mol. The summed E-state index contributed by atoms with van der Waals surface area (Å²) in [6.45, 7) is 2.03. The number of carbonyl (C=O) groups is 2. The van der Waals surface area contributed by atoms with Gasteiger partial charge in [-0.1, -0.05) is 13.3 Å². The van der Waals surface area contributed by atoms with Gasteiger partial charge >= 0.3 is 12.1 Å². The molecule has 0 heterocycles. The van der Waals surface area contributed by atoms with Crippen molar-refractivity contribution in [2.24, 2.45) is 4.99 Å². The summed E-state index contributed by atoms with van der Waals surface area (Å²) in [5.41, 5.74) is 1.57. The van der Waals surface area contributed by atoms with Crippen LogP contribution < -0.4 is 9.47 Å². The molecular formula is C20H21NO5. The van der Waals surface area contributed by atoms with Gasteiger partial charge < -0.3 is 14.2 Å². The standard InChI is InChI=1S/C20H21NO5/c1-3-4-5-19(22)25-17-10-6-15(7-11-17)14-21-16-8-12-18(13-9-16)26-20(23)24-2/h6-14H,3-5H2,1-2H3. The van der Waals surface area contributed by atoms with E-state index < -0.39 is 6.16 Å². The van der Waals surface area contributed by atoms with Crippen LogP contribution in [0.15, 0.2) is 53.5 Å². The van der Waals surface area contributed by atoms with Crippen molar-refractivity contribution in [1.82, 2.24) is 0 Å². The Balaban J connectivity index is 1.91. The molecule has 2 aromatic rings. The Morgan fingerprint density at radius 2 is 1.58 bits per heavy atom. The molecule has 0 radical (unpaired) electrons. The molecule has 0 bridgehead atoms. The van der Waals surface area contributed by atoms with E-state index in [1.165, 1.54) is 7.11 Å². The smallest absolute Gasteiger partial charge is 0.437 e. The molecular weight excluding hydrogens is 334 g/mol. The lowest BCUT2D eigenvalue weighted by Gasteiger charge is -2.04. The van der Waals surface area contributed by atoms with Crippen molar-refractivity contribution in [1.29, 1.82) is 0 Å². The third-order valence-corrected chi connectivity index (χ3v) is 3.41. The largest absolute Gasteiger partial charge is 0.513 e. The molecule has 0 aliphatic heterocycles. The van der Waals surface area contributed by atoms with E-state index in [4.69, 9.17) is 9.47 Å². The van der Waals surface area contributed by atoms with E-state index in [2.05, 4.69) is 9.73 Å². The number of aliphatic imine (C=N–C) groups is 1. The first kappa shape index (κ1) is 19.2. The maximum Gasteiger partial charge on any atom is 0.513 e. The number of hydrogen-bond donors (Lipinski definition) is 0. The second-order valence-corrected chi connectivity index (χ2v) is 5.45. The van der Waals surface area contributed by atoms with Crippen LogP contribution in [0, 0.1) is 0 Å². The normalized spacial score (nSPS) is 10.5. The predicted octanol–water partition coefficient (Wildman–Crippen LogP) is 4.68. The van der Waals surface area contributed by atoms with Gasteiger partial charge in [0.1, 0.15) is 11.5 Å². The Bertz CT molecular complexity index is 751. The summed E-state index contributed by atoms with van der Waals surface area (Å²) in [6, 6.07) is 13.8. The van der Waals surface area contributed by atoms with E-state index in [-0.39, 0.29) is 5.97 Å². The second-order valence-electron chi connectivity index (χ2n) is 5.45. The molecule has 0 spiro atoms. The summed E-state index contributed by atoms with van der Waals surface area (Å²) >= 11 is 0. The van der Waals surface area contributed by atoms with E-state index in [1.54, 1.807) is 42.6 Å². The number of esters is 1. The molecule has 2 rings (SSSR count). The summed E-state index contributed by atoms with van der Waals surface area (Å²) in [4.78, 5) is 27.0. The number of carbonyl (C=O) groups excluding carboxylic acids is 2. The van der Waals surface area contributed by atoms with E-state index in [9.17, 15) is 9.59 Å². The van der Waals surface area contributed by atoms with Crippen molar-refractivity contribution >= 4 is 24.0 Å². The molecule has 0 unspecified atom stereocenters. The van der Waals surface area contributed by atoms with E-state index >= 15 is 0 Å². The van der Waals surface area contributed by atoms with Gasteiger partial charge in [-0.3, -0.25) is 9.79 Å². The van der Waals surface area contributed by atoms with Gasteiger partial charge in [-0.25, -0.2) is 4.79 Å². The molecule has 26 heavy (non-hydrogen) atoms. The molecule has 0 N–H and O–H groups in total.